The van der Waals surface area contributed by atoms with Gasteiger partial charge >= 0.3 is 0 Å². The summed E-state index contributed by atoms with van der Waals surface area (Å²) in [5, 5.41) is 2.80. The van der Waals surface area contributed by atoms with Gasteiger partial charge in [-0.1, -0.05) is 13.3 Å². The van der Waals surface area contributed by atoms with Crippen LogP contribution in [0.1, 0.15) is 56.3 Å². The van der Waals surface area contributed by atoms with Crippen LogP contribution in [0, 0.1) is 5.92 Å². The molecule has 0 radical (unpaired) electrons. The lowest BCUT2D eigenvalue weighted by atomic mass is 9.85. The van der Waals surface area contributed by atoms with E-state index in [1.54, 1.807) is 18.2 Å². The molecule has 116 valence electrons. The van der Waals surface area contributed by atoms with Gasteiger partial charge in [-0.3, -0.25) is 4.79 Å². The zero-order valence-electron chi connectivity index (χ0n) is 13.0. The molecule has 1 saturated carbocycles. The molecule has 1 aromatic carbocycles. The molecule has 0 bridgehead atoms. The quantitative estimate of drug-likeness (QED) is 0.817. The molecule has 2 atom stereocenters. The fourth-order valence-corrected chi connectivity index (χ4v) is 3.00. The average molecular weight is 290 g/mol. The molecular formula is C17H26N2O2. The standard InChI is InChI=1S/C17H26N2O2/c1-3-12-7-5-6-8-15(12)21-16-11-13(9-10-14(16)18)17(20)19-4-2/h9-12,15H,3-8,18H2,1-2H3,(H,19,20). The van der Waals surface area contributed by atoms with E-state index in [4.69, 9.17) is 10.5 Å². The second-order valence-electron chi connectivity index (χ2n) is 5.72. The van der Waals surface area contributed by atoms with Crippen molar-refractivity contribution >= 4 is 11.6 Å². The van der Waals surface area contributed by atoms with Gasteiger partial charge in [-0.25, -0.2) is 0 Å². The third-order valence-corrected chi connectivity index (χ3v) is 4.26. The van der Waals surface area contributed by atoms with Gasteiger partial charge in [0.05, 0.1) is 5.69 Å². The number of nitrogens with one attached hydrogen (secondary N) is 1. The maximum atomic E-state index is 11.9. The first-order valence-corrected chi connectivity index (χ1v) is 8.00. The molecule has 4 heteroatoms. The lowest BCUT2D eigenvalue weighted by molar-refractivity contribution is 0.0900. The SMILES string of the molecule is CCNC(=O)c1ccc(N)c(OC2CCCCC2CC)c1. The van der Waals surface area contributed by atoms with Crippen LogP contribution in [-0.2, 0) is 0 Å². The first-order chi connectivity index (χ1) is 10.2. The second-order valence-corrected chi connectivity index (χ2v) is 5.72. The van der Waals surface area contributed by atoms with Crippen LogP contribution in [0.2, 0.25) is 0 Å². The number of hydrogen-bond donors (Lipinski definition) is 2. The summed E-state index contributed by atoms with van der Waals surface area (Å²) >= 11 is 0. The zero-order valence-corrected chi connectivity index (χ0v) is 13.0. The Morgan fingerprint density at radius 3 is 2.81 bits per heavy atom. The lowest BCUT2D eigenvalue weighted by Gasteiger charge is -2.31. The summed E-state index contributed by atoms with van der Waals surface area (Å²) in [6.45, 7) is 4.72. The Morgan fingerprint density at radius 1 is 1.33 bits per heavy atom. The number of carbonyl (C=O) groups excluding carboxylic acids is 1. The molecule has 2 unspecified atom stereocenters. The third-order valence-electron chi connectivity index (χ3n) is 4.26. The van der Waals surface area contributed by atoms with Crippen LogP contribution in [0.4, 0.5) is 5.69 Å². The molecule has 0 spiro atoms. The summed E-state index contributed by atoms with van der Waals surface area (Å²) in [5.74, 6) is 1.15. The number of ether oxygens (including phenoxy) is 1. The van der Waals surface area contributed by atoms with E-state index in [0.29, 0.717) is 29.5 Å². The Morgan fingerprint density at radius 2 is 2.10 bits per heavy atom. The van der Waals surface area contributed by atoms with Gasteiger partial charge in [0.25, 0.3) is 5.91 Å². The van der Waals surface area contributed by atoms with Crippen LogP contribution < -0.4 is 15.8 Å². The predicted octanol–water partition coefficient (Wildman–Crippen LogP) is 3.37. The van der Waals surface area contributed by atoms with E-state index in [2.05, 4.69) is 12.2 Å². The molecule has 2 rings (SSSR count). The molecule has 0 saturated heterocycles. The number of benzene rings is 1. The number of nitrogens with two attached hydrogens (primary N) is 1. The molecule has 0 aromatic heterocycles. The predicted molar refractivity (Wildman–Crippen MR) is 85.5 cm³/mol. The van der Waals surface area contributed by atoms with Gasteiger partial charge in [0.1, 0.15) is 11.9 Å². The Bertz CT molecular complexity index is 488. The Labute approximate surface area is 127 Å². The van der Waals surface area contributed by atoms with E-state index < -0.39 is 0 Å². The van der Waals surface area contributed by atoms with Crippen LogP contribution >= 0.6 is 0 Å². The highest BCUT2D eigenvalue weighted by atomic mass is 16.5. The van der Waals surface area contributed by atoms with Gasteiger partial charge in [-0.15, -0.1) is 0 Å². The van der Waals surface area contributed by atoms with Gasteiger partial charge in [-0.05, 0) is 56.7 Å². The molecule has 4 nitrogen and oxygen atoms in total. The lowest BCUT2D eigenvalue weighted by Crippen LogP contribution is -2.30. The van der Waals surface area contributed by atoms with Crippen LogP contribution in [0.15, 0.2) is 18.2 Å². The van der Waals surface area contributed by atoms with Gasteiger partial charge in [-0.2, -0.15) is 0 Å². The van der Waals surface area contributed by atoms with Crippen LogP contribution in [0.25, 0.3) is 0 Å². The van der Waals surface area contributed by atoms with Crippen molar-refractivity contribution in [2.75, 3.05) is 12.3 Å². The summed E-state index contributed by atoms with van der Waals surface area (Å²) in [7, 11) is 0. The molecule has 1 amide bonds. The van der Waals surface area contributed by atoms with E-state index in [9.17, 15) is 4.79 Å². The molecular weight excluding hydrogens is 264 g/mol. The maximum absolute atomic E-state index is 11.9. The highest BCUT2D eigenvalue weighted by Crippen LogP contribution is 2.33. The smallest absolute Gasteiger partial charge is 0.251 e. The third kappa shape index (κ3) is 3.90. The Hall–Kier alpha value is -1.71. The second kappa shape index (κ2) is 7.34. The van der Waals surface area contributed by atoms with Gasteiger partial charge in [0.15, 0.2) is 0 Å². The number of carbonyl (C=O) groups is 1. The number of rotatable bonds is 5. The van der Waals surface area contributed by atoms with Crippen molar-refractivity contribution in [3.8, 4) is 5.75 Å². The van der Waals surface area contributed by atoms with Crippen molar-refractivity contribution < 1.29 is 9.53 Å². The normalized spacial score (nSPS) is 21.8. The summed E-state index contributed by atoms with van der Waals surface area (Å²) in [6, 6.07) is 5.26. The van der Waals surface area contributed by atoms with Crippen LogP contribution in [0.3, 0.4) is 0 Å². The number of amides is 1. The monoisotopic (exact) mass is 290 g/mol. The largest absolute Gasteiger partial charge is 0.488 e. The van der Waals surface area contributed by atoms with E-state index in [-0.39, 0.29) is 12.0 Å². The van der Waals surface area contributed by atoms with Gasteiger partial charge in [0.2, 0.25) is 0 Å². The highest BCUT2D eigenvalue weighted by molar-refractivity contribution is 5.95. The van der Waals surface area contributed by atoms with Crippen molar-refractivity contribution in [1.82, 2.24) is 5.32 Å². The highest BCUT2D eigenvalue weighted by Gasteiger charge is 2.26. The zero-order chi connectivity index (χ0) is 15.2. The minimum Gasteiger partial charge on any atom is -0.488 e. The van der Waals surface area contributed by atoms with Crippen molar-refractivity contribution in [3.63, 3.8) is 0 Å². The Balaban J connectivity index is 2.14. The minimum atomic E-state index is -0.0852. The molecule has 1 fully saturated rings. The molecule has 0 aliphatic heterocycles. The number of hydrogen-bond acceptors (Lipinski definition) is 3. The van der Waals surface area contributed by atoms with E-state index >= 15 is 0 Å². The van der Waals surface area contributed by atoms with Gasteiger partial charge in [0, 0.05) is 12.1 Å². The molecule has 1 aliphatic carbocycles. The molecule has 1 aliphatic rings. The Kier molecular flexibility index (Phi) is 5.48. The maximum Gasteiger partial charge on any atom is 0.251 e. The molecule has 0 heterocycles. The van der Waals surface area contributed by atoms with E-state index in [1.807, 2.05) is 6.92 Å². The van der Waals surface area contributed by atoms with Crippen molar-refractivity contribution in [2.24, 2.45) is 5.92 Å². The van der Waals surface area contributed by atoms with Crippen LogP contribution in [0.5, 0.6) is 5.75 Å². The first kappa shape index (κ1) is 15.7. The minimum absolute atomic E-state index is 0.0852. The topological polar surface area (TPSA) is 64.4 Å². The van der Waals surface area contributed by atoms with Gasteiger partial charge < -0.3 is 15.8 Å². The van der Waals surface area contributed by atoms with E-state index in [1.165, 1.54) is 19.3 Å². The van der Waals surface area contributed by atoms with Crippen molar-refractivity contribution in [3.05, 3.63) is 23.8 Å². The van der Waals surface area contributed by atoms with Crippen molar-refractivity contribution in [1.29, 1.82) is 0 Å². The summed E-state index contributed by atoms with van der Waals surface area (Å²) in [6.07, 6.45) is 6.13. The van der Waals surface area contributed by atoms with E-state index in [0.717, 1.165) is 12.8 Å². The fourth-order valence-electron chi connectivity index (χ4n) is 3.00. The first-order valence-electron chi connectivity index (χ1n) is 8.00. The fraction of sp³-hybridized carbons (Fsp3) is 0.588. The molecule has 21 heavy (non-hydrogen) atoms. The number of anilines is 1. The van der Waals surface area contributed by atoms with Crippen LogP contribution in [-0.4, -0.2) is 18.6 Å². The van der Waals surface area contributed by atoms with Crippen molar-refractivity contribution in [2.45, 2.75) is 52.1 Å². The summed E-state index contributed by atoms with van der Waals surface area (Å²) in [5.41, 5.74) is 7.21. The number of nitrogen functional groups attached to an aromatic ring is 1. The summed E-state index contributed by atoms with van der Waals surface area (Å²) in [4.78, 5) is 11.9. The molecule has 3 N–H and O–H groups in total. The molecule has 1 aromatic rings. The summed E-state index contributed by atoms with van der Waals surface area (Å²) < 4.78 is 6.15. The average Bonchev–Trinajstić information content (AvgIpc) is 2.50.